The van der Waals surface area contributed by atoms with E-state index < -0.39 is 0 Å². The van der Waals surface area contributed by atoms with Gasteiger partial charge >= 0.3 is 0 Å². The van der Waals surface area contributed by atoms with Gasteiger partial charge in [-0.1, -0.05) is 34.6 Å². The third kappa shape index (κ3) is 3.77. The topological polar surface area (TPSA) is 57.8 Å². The first-order valence-electron chi connectivity index (χ1n) is 5.63. The Hall–Kier alpha value is -1.16. The monoisotopic (exact) mass is 223 g/mol. The molecule has 0 aliphatic carbocycles. The van der Waals surface area contributed by atoms with E-state index >= 15 is 0 Å². The molecule has 4 heteroatoms. The molecule has 1 aromatic heterocycles. The molecule has 2 N–H and O–H groups in total. The zero-order valence-electron chi connectivity index (χ0n) is 10.7. The Morgan fingerprint density at radius 1 is 1.44 bits per heavy atom. The summed E-state index contributed by atoms with van der Waals surface area (Å²) in [6.45, 7) is 10.9. The van der Waals surface area contributed by atoms with E-state index in [1.807, 2.05) is 0 Å². The van der Waals surface area contributed by atoms with Gasteiger partial charge in [-0.3, -0.25) is 4.79 Å². The van der Waals surface area contributed by atoms with Gasteiger partial charge in [0.25, 0.3) is 5.56 Å². The molecular formula is C12H21N3O. The van der Waals surface area contributed by atoms with Crippen LogP contribution in [0.3, 0.4) is 0 Å². The Kier molecular flexibility index (Phi) is 3.86. The first-order valence-corrected chi connectivity index (χ1v) is 5.63. The Morgan fingerprint density at radius 3 is 2.56 bits per heavy atom. The van der Waals surface area contributed by atoms with Gasteiger partial charge in [0, 0.05) is 17.5 Å². The molecule has 16 heavy (non-hydrogen) atoms. The van der Waals surface area contributed by atoms with Gasteiger partial charge in [-0.15, -0.1) is 0 Å². The Balaban J connectivity index is 2.95. The van der Waals surface area contributed by atoms with Crippen molar-refractivity contribution in [2.24, 2.45) is 0 Å². The van der Waals surface area contributed by atoms with Crippen LogP contribution >= 0.6 is 0 Å². The lowest BCUT2D eigenvalue weighted by molar-refractivity contribution is 0.539. The van der Waals surface area contributed by atoms with Crippen LogP contribution in [0.25, 0.3) is 0 Å². The maximum atomic E-state index is 11.5. The lowest BCUT2D eigenvalue weighted by atomic mass is 9.92. The fourth-order valence-electron chi connectivity index (χ4n) is 1.28. The SMILES string of the molecule is CC(C)NCc1nc(C(C)(C)C)cc(=O)[nH]1. The van der Waals surface area contributed by atoms with Gasteiger partial charge in [0.15, 0.2) is 0 Å². The van der Waals surface area contributed by atoms with E-state index in [1.54, 1.807) is 6.07 Å². The quantitative estimate of drug-likeness (QED) is 0.817. The van der Waals surface area contributed by atoms with Crippen LogP contribution in [-0.4, -0.2) is 16.0 Å². The molecule has 1 rings (SSSR count). The Bertz CT molecular complexity index is 401. The van der Waals surface area contributed by atoms with E-state index in [2.05, 4.69) is 49.9 Å². The van der Waals surface area contributed by atoms with Gasteiger partial charge < -0.3 is 10.3 Å². The molecule has 4 nitrogen and oxygen atoms in total. The molecule has 0 saturated heterocycles. The highest BCUT2D eigenvalue weighted by atomic mass is 16.1. The summed E-state index contributed by atoms with van der Waals surface area (Å²) in [5.41, 5.74) is 0.651. The smallest absolute Gasteiger partial charge is 0.251 e. The minimum Gasteiger partial charge on any atom is -0.309 e. The molecule has 0 fully saturated rings. The molecule has 0 atom stereocenters. The first-order chi connectivity index (χ1) is 7.29. The third-order valence-electron chi connectivity index (χ3n) is 2.24. The van der Waals surface area contributed by atoms with Crippen molar-refractivity contribution in [1.29, 1.82) is 0 Å². The van der Waals surface area contributed by atoms with Gasteiger partial charge in [-0.25, -0.2) is 4.98 Å². The number of aromatic nitrogens is 2. The van der Waals surface area contributed by atoms with E-state index in [-0.39, 0.29) is 11.0 Å². The molecule has 0 amide bonds. The van der Waals surface area contributed by atoms with Gasteiger partial charge in [-0.2, -0.15) is 0 Å². The fourth-order valence-corrected chi connectivity index (χ4v) is 1.28. The molecule has 0 spiro atoms. The Labute approximate surface area is 96.5 Å². The van der Waals surface area contributed by atoms with Gasteiger partial charge in [0.2, 0.25) is 0 Å². The highest BCUT2D eigenvalue weighted by Gasteiger charge is 2.16. The average Bonchev–Trinajstić information content (AvgIpc) is 2.12. The van der Waals surface area contributed by atoms with Crippen molar-refractivity contribution in [1.82, 2.24) is 15.3 Å². The number of nitrogens with one attached hydrogen (secondary N) is 2. The van der Waals surface area contributed by atoms with Gasteiger partial charge in [0.1, 0.15) is 5.82 Å². The zero-order chi connectivity index (χ0) is 12.3. The lowest BCUT2D eigenvalue weighted by Crippen LogP contribution is -2.27. The van der Waals surface area contributed by atoms with Crippen LogP contribution in [-0.2, 0) is 12.0 Å². The second-order valence-corrected chi connectivity index (χ2v) is 5.36. The summed E-state index contributed by atoms with van der Waals surface area (Å²) in [7, 11) is 0. The summed E-state index contributed by atoms with van der Waals surface area (Å²) in [6, 6.07) is 1.95. The molecular weight excluding hydrogens is 202 g/mol. The summed E-state index contributed by atoms with van der Waals surface area (Å²) < 4.78 is 0. The second kappa shape index (κ2) is 4.78. The van der Waals surface area contributed by atoms with Crippen LogP contribution < -0.4 is 10.9 Å². The maximum absolute atomic E-state index is 11.5. The molecule has 1 heterocycles. The van der Waals surface area contributed by atoms with Crippen LogP contribution in [0.1, 0.15) is 46.1 Å². The van der Waals surface area contributed by atoms with Crippen LogP contribution in [0, 0.1) is 0 Å². The molecule has 90 valence electrons. The number of H-pyrrole nitrogens is 1. The van der Waals surface area contributed by atoms with E-state index in [1.165, 1.54) is 0 Å². The van der Waals surface area contributed by atoms with E-state index in [0.29, 0.717) is 18.4 Å². The molecule has 0 aliphatic heterocycles. The van der Waals surface area contributed by atoms with Gasteiger partial charge in [0.05, 0.1) is 12.2 Å². The highest BCUT2D eigenvalue weighted by molar-refractivity contribution is 5.12. The number of nitrogens with zero attached hydrogens (tertiary/aromatic N) is 1. The Morgan fingerprint density at radius 2 is 2.06 bits per heavy atom. The predicted molar refractivity (Wildman–Crippen MR) is 65.5 cm³/mol. The third-order valence-corrected chi connectivity index (χ3v) is 2.24. The second-order valence-electron chi connectivity index (χ2n) is 5.36. The maximum Gasteiger partial charge on any atom is 0.251 e. The average molecular weight is 223 g/mol. The molecule has 1 aromatic rings. The molecule has 0 unspecified atom stereocenters. The normalized spacial score (nSPS) is 12.1. The van der Waals surface area contributed by atoms with E-state index in [4.69, 9.17) is 0 Å². The van der Waals surface area contributed by atoms with Crippen molar-refractivity contribution in [3.8, 4) is 0 Å². The van der Waals surface area contributed by atoms with E-state index in [9.17, 15) is 4.79 Å². The molecule has 0 saturated carbocycles. The number of hydrogen-bond acceptors (Lipinski definition) is 3. The molecule has 0 aliphatic rings. The zero-order valence-corrected chi connectivity index (χ0v) is 10.7. The molecule has 0 radical (unpaired) electrons. The summed E-state index contributed by atoms with van der Waals surface area (Å²) in [5.74, 6) is 0.700. The van der Waals surface area contributed by atoms with Crippen molar-refractivity contribution >= 4 is 0 Å². The molecule has 0 aromatic carbocycles. The summed E-state index contributed by atoms with van der Waals surface area (Å²) >= 11 is 0. The minimum atomic E-state index is -0.0964. The number of aromatic amines is 1. The van der Waals surface area contributed by atoms with Crippen LogP contribution in [0.2, 0.25) is 0 Å². The largest absolute Gasteiger partial charge is 0.309 e. The molecule has 0 bridgehead atoms. The van der Waals surface area contributed by atoms with Crippen molar-refractivity contribution in [2.75, 3.05) is 0 Å². The van der Waals surface area contributed by atoms with E-state index in [0.717, 1.165) is 5.69 Å². The van der Waals surface area contributed by atoms with Crippen molar-refractivity contribution < 1.29 is 0 Å². The van der Waals surface area contributed by atoms with Crippen LogP contribution in [0.4, 0.5) is 0 Å². The highest BCUT2D eigenvalue weighted by Crippen LogP contribution is 2.17. The summed E-state index contributed by atoms with van der Waals surface area (Å²) in [4.78, 5) is 18.7. The predicted octanol–water partition coefficient (Wildman–Crippen LogP) is 1.57. The van der Waals surface area contributed by atoms with Gasteiger partial charge in [-0.05, 0) is 0 Å². The fraction of sp³-hybridized carbons (Fsp3) is 0.667. The minimum absolute atomic E-state index is 0.0829. The van der Waals surface area contributed by atoms with Crippen LogP contribution in [0.5, 0.6) is 0 Å². The number of hydrogen-bond donors (Lipinski definition) is 2. The van der Waals surface area contributed by atoms with Crippen molar-refractivity contribution in [3.63, 3.8) is 0 Å². The summed E-state index contributed by atoms with van der Waals surface area (Å²) in [6.07, 6.45) is 0. The standard InChI is InChI=1S/C12H21N3O/c1-8(2)13-7-10-14-9(12(3,4)5)6-11(16)15-10/h6,8,13H,7H2,1-5H3,(H,14,15,16). The van der Waals surface area contributed by atoms with Crippen LogP contribution in [0.15, 0.2) is 10.9 Å². The van der Waals surface area contributed by atoms with Crippen molar-refractivity contribution in [3.05, 3.63) is 27.9 Å². The summed E-state index contributed by atoms with van der Waals surface area (Å²) in [5, 5.41) is 3.24. The lowest BCUT2D eigenvalue weighted by Gasteiger charge is -2.18. The van der Waals surface area contributed by atoms with Crippen molar-refractivity contribution in [2.45, 2.75) is 52.6 Å². The number of rotatable bonds is 3. The first kappa shape index (κ1) is 12.9.